The van der Waals surface area contributed by atoms with Crippen molar-refractivity contribution in [3.8, 4) is 0 Å². The van der Waals surface area contributed by atoms with E-state index in [2.05, 4.69) is 35.9 Å². The highest BCUT2D eigenvalue weighted by Gasteiger charge is 2.59. The number of carbonyl (C=O) groups excluding carboxylic acids is 1. The fourth-order valence-electron chi connectivity index (χ4n) is 5.85. The molecule has 0 aliphatic heterocycles. The molecule has 4 aliphatic rings. The maximum absolute atomic E-state index is 12.5. The summed E-state index contributed by atoms with van der Waals surface area (Å²) in [5.74, 6) is 2.26. The number of hydrogen-bond acceptors (Lipinski definition) is 5. The van der Waals surface area contributed by atoms with Crippen LogP contribution in [0.2, 0.25) is 0 Å². The van der Waals surface area contributed by atoms with Gasteiger partial charge in [-0.15, -0.1) is 5.10 Å². The maximum Gasteiger partial charge on any atom is 0.322 e. The molecule has 3 N–H and O–H groups in total. The number of anilines is 1. The van der Waals surface area contributed by atoms with Crippen molar-refractivity contribution < 1.29 is 4.79 Å². The SMILES string of the molecule is Cc1nc(NC(=O)NC23CC4CC(C2)CC(n2cncn2)(C4)C3)n[nH]1. The number of nitrogens with one attached hydrogen (secondary N) is 3. The number of urea groups is 1. The number of nitrogens with zero attached hydrogens (tertiary/aromatic N) is 5. The lowest BCUT2D eigenvalue weighted by molar-refractivity contribution is -0.0728. The van der Waals surface area contributed by atoms with Crippen LogP contribution in [0.15, 0.2) is 12.7 Å². The summed E-state index contributed by atoms with van der Waals surface area (Å²) in [7, 11) is 0. The van der Waals surface area contributed by atoms with E-state index >= 15 is 0 Å². The van der Waals surface area contributed by atoms with Gasteiger partial charge < -0.3 is 5.32 Å². The van der Waals surface area contributed by atoms with E-state index in [0.717, 1.165) is 32.1 Å². The molecule has 0 spiro atoms. The van der Waals surface area contributed by atoms with Crippen molar-refractivity contribution in [2.45, 2.75) is 56.5 Å². The average Bonchev–Trinajstić information content (AvgIpc) is 3.17. The molecule has 4 aliphatic carbocycles. The lowest BCUT2D eigenvalue weighted by Gasteiger charge is -2.61. The van der Waals surface area contributed by atoms with Crippen LogP contribution in [0.5, 0.6) is 0 Å². The van der Waals surface area contributed by atoms with Crippen LogP contribution in [0, 0.1) is 18.8 Å². The Hall–Kier alpha value is -2.45. The van der Waals surface area contributed by atoms with E-state index < -0.39 is 0 Å². The highest BCUT2D eigenvalue weighted by molar-refractivity contribution is 5.87. The first-order valence-electron chi connectivity index (χ1n) is 8.88. The Morgan fingerprint density at radius 2 is 2.12 bits per heavy atom. The van der Waals surface area contributed by atoms with E-state index in [1.165, 1.54) is 6.42 Å². The molecule has 0 saturated heterocycles. The van der Waals surface area contributed by atoms with Gasteiger partial charge in [0.15, 0.2) is 0 Å². The van der Waals surface area contributed by atoms with Crippen LogP contribution in [-0.4, -0.2) is 41.5 Å². The van der Waals surface area contributed by atoms with Crippen molar-refractivity contribution in [1.82, 2.24) is 35.3 Å². The normalized spacial score (nSPS) is 35.7. The largest absolute Gasteiger partial charge is 0.332 e. The van der Waals surface area contributed by atoms with Gasteiger partial charge in [-0.2, -0.15) is 10.1 Å². The molecule has 2 unspecified atom stereocenters. The molecule has 6 rings (SSSR count). The molecular formula is C16H22N8O. The lowest BCUT2D eigenvalue weighted by atomic mass is 9.50. The molecule has 2 aromatic heterocycles. The Kier molecular flexibility index (Phi) is 2.99. The summed E-state index contributed by atoms with van der Waals surface area (Å²) >= 11 is 0. The van der Waals surface area contributed by atoms with Crippen molar-refractivity contribution in [3.05, 3.63) is 18.5 Å². The van der Waals surface area contributed by atoms with E-state index in [9.17, 15) is 4.79 Å². The number of aryl methyl sites for hydroxylation is 1. The Bertz CT molecular complexity index is 783. The maximum atomic E-state index is 12.5. The quantitative estimate of drug-likeness (QED) is 0.783. The number of rotatable bonds is 3. The number of carbonyl (C=O) groups is 1. The van der Waals surface area contributed by atoms with E-state index in [4.69, 9.17) is 0 Å². The van der Waals surface area contributed by atoms with Gasteiger partial charge in [-0.3, -0.25) is 10.4 Å². The zero-order valence-electron chi connectivity index (χ0n) is 14.2. The third kappa shape index (κ3) is 2.40. The van der Waals surface area contributed by atoms with Gasteiger partial charge in [-0.05, 0) is 57.3 Å². The standard InChI is InChI=1S/C16H22N8O/c1-10-19-13(23-22-10)20-14(25)21-15-3-11-2-12(4-15)6-16(5-11,7-15)24-9-17-8-18-24/h8-9,11-12H,2-7H2,1H3,(H3,19,20,21,22,23,25). The van der Waals surface area contributed by atoms with Crippen molar-refractivity contribution in [2.24, 2.45) is 11.8 Å². The molecule has 132 valence electrons. The van der Waals surface area contributed by atoms with Gasteiger partial charge in [0.25, 0.3) is 0 Å². The van der Waals surface area contributed by atoms with E-state index in [-0.39, 0.29) is 17.1 Å². The van der Waals surface area contributed by atoms with E-state index in [0.29, 0.717) is 23.6 Å². The second-order valence-electron chi connectivity index (χ2n) is 8.13. The molecule has 2 atom stereocenters. The summed E-state index contributed by atoms with van der Waals surface area (Å²) in [6, 6.07) is -0.227. The zero-order chi connectivity index (χ0) is 17.1. The highest BCUT2D eigenvalue weighted by Crippen LogP contribution is 2.60. The Morgan fingerprint density at radius 3 is 2.76 bits per heavy atom. The molecule has 0 radical (unpaired) electrons. The Balaban J connectivity index is 1.38. The van der Waals surface area contributed by atoms with Crippen molar-refractivity contribution in [3.63, 3.8) is 0 Å². The van der Waals surface area contributed by atoms with Crippen LogP contribution in [0.3, 0.4) is 0 Å². The lowest BCUT2D eigenvalue weighted by Crippen LogP contribution is -2.66. The third-order valence-electron chi connectivity index (χ3n) is 6.14. The summed E-state index contributed by atoms with van der Waals surface area (Å²) in [6.45, 7) is 1.80. The second kappa shape index (κ2) is 5.03. The Morgan fingerprint density at radius 1 is 1.32 bits per heavy atom. The molecule has 4 bridgehead atoms. The van der Waals surface area contributed by atoms with Crippen LogP contribution in [0.25, 0.3) is 0 Å². The van der Waals surface area contributed by atoms with Gasteiger partial charge in [-0.25, -0.2) is 14.5 Å². The van der Waals surface area contributed by atoms with Crippen LogP contribution in [0.1, 0.15) is 44.3 Å². The first kappa shape index (κ1) is 14.9. The van der Waals surface area contributed by atoms with Crippen LogP contribution in [0.4, 0.5) is 10.7 Å². The van der Waals surface area contributed by atoms with Crippen LogP contribution in [-0.2, 0) is 5.54 Å². The summed E-state index contributed by atoms with van der Waals surface area (Å²) in [6.07, 6.45) is 9.98. The monoisotopic (exact) mass is 342 g/mol. The predicted octanol–water partition coefficient (Wildman–Crippen LogP) is 1.57. The minimum atomic E-state index is -0.227. The summed E-state index contributed by atoms with van der Waals surface area (Å²) in [5, 5.41) is 17.2. The van der Waals surface area contributed by atoms with Crippen molar-refractivity contribution in [1.29, 1.82) is 0 Å². The van der Waals surface area contributed by atoms with Gasteiger partial charge in [0.2, 0.25) is 5.95 Å². The smallest absolute Gasteiger partial charge is 0.322 e. The topological polar surface area (TPSA) is 113 Å². The van der Waals surface area contributed by atoms with Gasteiger partial charge in [0, 0.05) is 5.54 Å². The van der Waals surface area contributed by atoms with Crippen LogP contribution >= 0.6 is 0 Å². The summed E-state index contributed by atoms with van der Waals surface area (Å²) in [5.41, 5.74) is -0.180. The fourth-order valence-corrected chi connectivity index (χ4v) is 5.85. The van der Waals surface area contributed by atoms with Crippen molar-refractivity contribution in [2.75, 3.05) is 5.32 Å². The van der Waals surface area contributed by atoms with Gasteiger partial charge in [0.05, 0.1) is 5.54 Å². The number of aromatic amines is 1. The van der Waals surface area contributed by atoms with E-state index in [1.807, 2.05) is 11.0 Å². The molecule has 2 amide bonds. The van der Waals surface area contributed by atoms with Gasteiger partial charge in [-0.1, -0.05) is 0 Å². The predicted molar refractivity (Wildman–Crippen MR) is 88.7 cm³/mol. The molecular weight excluding hydrogens is 320 g/mol. The number of amides is 2. The fraction of sp³-hybridized carbons (Fsp3) is 0.688. The third-order valence-corrected chi connectivity index (χ3v) is 6.14. The molecule has 2 heterocycles. The highest BCUT2D eigenvalue weighted by atomic mass is 16.2. The Labute approximate surface area is 145 Å². The first-order chi connectivity index (χ1) is 12.0. The molecule has 4 saturated carbocycles. The second-order valence-corrected chi connectivity index (χ2v) is 8.13. The van der Waals surface area contributed by atoms with Crippen LogP contribution < -0.4 is 10.6 Å². The minimum Gasteiger partial charge on any atom is -0.332 e. The van der Waals surface area contributed by atoms with Crippen molar-refractivity contribution >= 4 is 12.0 Å². The molecule has 4 fully saturated rings. The van der Waals surface area contributed by atoms with E-state index in [1.54, 1.807) is 13.3 Å². The molecule has 25 heavy (non-hydrogen) atoms. The summed E-state index contributed by atoms with van der Waals surface area (Å²) in [4.78, 5) is 20.8. The number of aromatic nitrogens is 6. The molecule has 0 aromatic carbocycles. The minimum absolute atomic E-state index is 0.00492. The molecule has 9 nitrogen and oxygen atoms in total. The number of H-pyrrole nitrogens is 1. The average molecular weight is 342 g/mol. The summed E-state index contributed by atoms with van der Waals surface area (Å²) < 4.78 is 2.04. The molecule has 9 heteroatoms. The zero-order valence-corrected chi connectivity index (χ0v) is 14.2. The number of hydrogen-bond donors (Lipinski definition) is 3. The first-order valence-corrected chi connectivity index (χ1v) is 8.88. The van der Waals surface area contributed by atoms with Gasteiger partial charge >= 0.3 is 6.03 Å². The van der Waals surface area contributed by atoms with Gasteiger partial charge in [0.1, 0.15) is 18.5 Å². The molecule has 2 aromatic rings.